The fraction of sp³-hybridized carbons (Fsp3) is 0.407. The molecule has 4 rings (SSSR count). The first-order valence-electron chi connectivity index (χ1n) is 12.7. The number of hydrogen-bond acceptors (Lipinski definition) is 7. The summed E-state index contributed by atoms with van der Waals surface area (Å²) in [4.78, 5) is 50.1. The third-order valence-corrected chi connectivity index (χ3v) is 7.10. The Morgan fingerprint density at radius 3 is 2.29 bits per heavy atom. The van der Waals surface area contributed by atoms with Crippen LogP contribution >= 0.6 is 0 Å². The molecule has 5 atom stereocenters. The van der Waals surface area contributed by atoms with E-state index >= 15 is 0 Å². The summed E-state index contributed by atoms with van der Waals surface area (Å²) in [5.41, 5.74) is 14.0. The van der Waals surface area contributed by atoms with Crippen LogP contribution in [-0.4, -0.2) is 76.1 Å². The highest BCUT2D eigenvalue weighted by atomic mass is 16.4. The first-order chi connectivity index (χ1) is 18.2. The van der Waals surface area contributed by atoms with E-state index < -0.39 is 42.0 Å². The van der Waals surface area contributed by atoms with E-state index in [1.807, 2.05) is 54.6 Å². The van der Waals surface area contributed by atoms with Crippen molar-refractivity contribution >= 4 is 23.7 Å². The van der Waals surface area contributed by atoms with Gasteiger partial charge in [0.1, 0.15) is 12.1 Å². The number of hydrogen-bond donors (Lipinski definition) is 6. The average Bonchev–Trinajstić information content (AvgIpc) is 3.60. The van der Waals surface area contributed by atoms with Gasteiger partial charge in [-0.25, -0.2) is 15.6 Å². The lowest BCUT2D eigenvalue weighted by Gasteiger charge is -2.22. The zero-order chi connectivity index (χ0) is 27.2. The number of nitrogens with zero attached hydrogens (tertiary/aromatic N) is 1. The van der Waals surface area contributed by atoms with Crippen LogP contribution in [0, 0.1) is 5.92 Å². The molecule has 0 saturated carbocycles. The molecule has 3 amide bonds. The first-order valence-corrected chi connectivity index (χ1v) is 12.7. The number of rotatable bonds is 10. The average molecular weight is 524 g/mol. The van der Waals surface area contributed by atoms with Crippen molar-refractivity contribution in [2.24, 2.45) is 11.7 Å². The minimum atomic E-state index is -1.64. The summed E-state index contributed by atoms with van der Waals surface area (Å²) in [7, 11) is 0. The maximum absolute atomic E-state index is 13.0. The van der Waals surface area contributed by atoms with Crippen molar-refractivity contribution in [3.05, 3.63) is 60.2 Å². The van der Waals surface area contributed by atoms with Crippen molar-refractivity contribution in [1.82, 2.24) is 21.1 Å². The number of aliphatic hydroxyl groups excluding tert-OH is 1. The van der Waals surface area contributed by atoms with Crippen molar-refractivity contribution in [2.45, 2.75) is 49.9 Å². The van der Waals surface area contributed by atoms with Gasteiger partial charge < -0.3 is 26.2 Å². The van der Waals surface area contributed by atoms with Gasteiger partial charge in [-0.15, -0.1) is 0 Å². The van der Waals surface area contributed by atoms with Gasteiger partial charge in [0.25, 0.3) is 0 Å². The van der Waals surface area contributed by atoms with Crippen LogP contribution in [-0.2, 0) is 25.6 Å². The number of aliphatic hydroxyl groups is 1. The molecule has 3 unspecified atom stereocenters. The molecule has 2 saturated heterocycles. The van der Waals surface area contributed by atoms with Gasteiger partial charge in [0.15, 0.2) is 6.10 Å². The predicted molar refractivity (Wildman–Crippen MR) is 138 cm³/mol. The van der Waals surface area contributed by atoms with Crippen molar-refractivity contribution < 1.29 is 29.4 Å². The molecule has 0 spiro atoms. The normalized spacial score (nSPS) is 22.6. The van der Waals surface area contributed by atoms with Crippen LogP contribution in [0.1, 0.15) is 24.8 Å². The Hall–Kier alpha value is -3.80. The molecule has 11 nitrogen and oxygen atoms in total. The summed E-state index contributed by atoms with van der Waals surface area (Å²) >= 11 is 0. The van der Waals surface area contributed by atoms with Crippen LogP contribution in [0.2, 0.25) is 0 Å². The molecule has 2 aliphatic heterocycles. The lowest BCUT2D eigenvalue weighted by molar-refractivity contribution is -0.147. The van der Waals surface area contributed by atoms with Crippen molar-refractivity contribution in [3.63, 3.8) is 0 Å². The molecule has 2 aliphatic rings. The zero-order valence-electron chi connectivity index (χ0n) is 20.9. The van der Waals surface area contributed by atoms with Gasteiger partial charge in [0, 0.05) is 25.6 Å². The van der Waals surface area contributed by atoms with Crippen LogP contribution in [0.4, 0.5) is 0 Å². The van der Waals surface area contributed by atoms with E-state index in [0.29, 0.717) is 19.4 Å². The highest BCUT2D eigenvalue weighted by molar-refractivity contribution is 5.88. The van der Waals surface area contributed by atoms with E-state index in [2.05, 4.69) is 16.2 Å². The molecule has 202 valence electrons. The molecule has 0 radical (unpaired) electrons. The Kier molecular flexibility index (Phi) is 8.72. The quantitative estimate of drug-likeness (QED) is 0.248. The fourth-order valence-electron chi connectivity index (χ4n) is 4.92. The molecule has 2 aromatic carbocycles. The smallest absolute Gasteiger partial charge is 0.332 e. The second-order valence-corrected chi connectivity index (χ2v) is 9.86. The SMILES string of the molecule is NC(=O)C1CCN(C(=O)C2CC(C(=O)N[C@H](Cc3ccc(-c4ccccc4)cc3)C[C@H](O)C(=O)O)NN2)C1. The van der Waals surface area contributed by atoms with Gasteiger partial charge in [0.2, 0.25) is 17.7 Å². The highest BCUT2D eigenvalue weighted by Gasteiger charge is 2.39. The summed E-state index contributed by atoms with van der Waals surface area (Å²) in [5.74, 6) is -2.79. The van der Waals surface area contributed by atoms with Crippen LogP contribution < -0.4 is 21.9 Å². The second-order valence-electron chi connectivity index (χ2n) is 9.86. The fourth-order valence-corrected chi connectivity index (χ4v) is 4.92. The maximum atomic E-state index is 13.0. The molecule has 7 N–H and O–H groups in total. The lowest BCUT2D eigenvalue weighted by Crippen LogP contribution is -2.49. The number of carbonyl (C=O) groups excluding carboxylic acids is 3. The minimum Gasteiger partial charge on any atom is -0.479 e. The van der Waals surface area contributed by atoms with Gasteiger partial charge >= 0.3 is 5.97 Å². The zero-order valence-corrected chi connectivity index (χ0v) is 20.9. The van der Waals surface area contributed by atoms with E-state index in [4.69, 9.17) is 5.73 Å². The number of aliphatic carboxylic acids is 1. The van der Waals surface area contributed by atoms with Crippen LogP contribution in [0.15, 0.2) is 54.6 Å². The Labute approximate surface area is 220 Å². The number of carbonyl (C=O) groups is 4. The summed E-state index contributed by atoms with van der Waals surface area (Å²) in [6.45, 7) is 0.696. The standard InChI is InChI=1S/C27H33N5O6/c28-24(34)19-10-11-32(15-19)26(36)22-14-21(30-31-22)25(35)29-20(13-23(33)27(37)38)12-16-6-8-18(9-7-16)17-4-2-1-3-5-17/h1-9,19-23,30-31,33H,10-15H2,(H2,28,34)(H,29,35)(H,37,38)/t19?,20-,21?,22?,23+/m1/s1. The van der Waals surface area contributed by atoms with Crippen molar-refractivity contribution in [3.8, 4) is 11.1 Å². The molecule has 2 fully saturated rings. The van der Waals surface area contributed by atoms with Gasteiger partial charge in [-0.05, 0) is 36.0 Å². The van der Waals surface area contributed by atoms with E-state index in [9.17, 15) is 29.4 Å². The Bertz CT molecular complexity index is 1160. The number of primary amides is 1. The Morgan fingerprint density at radius 1 is 1.00 bits per heavy atom. The Morgan fingerprint density at radius 2 is 1.66 bits per heavy atom. The lowest BCUT2D eigenvalue weighted by atomic mass is 9.97. The summed E-state index contributed by atoms with van der Waals surface area (Å²) in [5, 5.41) is 22.0. The topological polar surface area (TPSA) is 174 Å². The molecular formula is C27H33N5O6. The number of amides is 3. The molecule has 38 heavy (non-hydrogen) atoms. The van der Waals surface area contributed by atoms with Crippen LogP contribution in [0.5, 0.6) is 0 Å². The molecule has 11 heteroatoms. The third-order valence-electron chi connectivity index (χ3n) is 7.10. The van der Waals surface area contributed by atoms with E-state index in [0.717, 1.165) is 16.7 Å². The molecule has 0 bridgehead atoms. The van der Waals surface area contributed by atoms with E-state index in [-0.39, 0.29) is 31.2 Å². The number of hydrazine groups is 1. The van der Waals surface area contributed by atoms with Crippen LogP contribution in [0.3, 0.4) is 0 Å². The van der Waals surface area contributed by atoms with Gasteiger partial charge in [-0.3, -0.25) is 14.4 Å². The number of likely N-dealkylation sites (tertiary alicyclic amines) is 1. The third kappa shape index (κ3) is 6.74. The van der Waals surface area contributed by atoms with Gasteiger partial charge in [-0.2, -0.15) is 0 Å². The monoisotopic (exact) mass is 523 g/mol. The van der Waals surface area contributed by atoms with E-state index in [1.54, 1.807) is 4.90 Å². The highest BCUT2D eigenvalue weighted by Crippen LogP contribution is 2.21. The Balaban J connectivity index is 1.36. The summed E-state index contributed by atoms with van der Waals surface area (Å²) in [6.07, 6.45) is -0.795. The number of carboxylic acid groups (broad SMARTS) is 1. The number of benzene rings is 2. The molecule has 2 aromatic rings. The second kappa shape index (κ2) is 12.2. The summed E-state index contributed by atoms with van der Waals surface area (Å²) < 4.78 is 0. The van der Waals surface area contributed by atoms with Crippen molar-refractivity contribution in [1.29, 1.82) is 0 Å². The summed E-state index contributed by atoms with van der Waals surface area (Å²) in [6, 6.07) is 15.6. The van der Waals surface area contributed by atoms with Gasteiger partial charge in [0.05, 0.1) is 5.92 Å². The van der Waals surface area contributed by atoms with Gasteiger partial charge in [-0.1, -0.05) is 54.6 Å². The van der Waals surface area contributed by atoms with Crippen LogP contribution in [0.25, 0.3) is 11.1 Å². The number of carboxylic acids is 1. The molecule has 2 heterocycles. The predicted octanol–water partition coefficient (Wildman–Crippen LogP) is -0.215. The maximum Gasteiger partial charge on any atom is 0.332 e. The molecular weight excluding hydrogens is 490 g/mol. The largest absolute Gasteiger partial charge is 0.479 e. The molecule has 0 aliphatic carbocycles. The number of nitrogens with one attached hydrogen (secondary N) is 3. The minimum absolute atomic E-state index is 0.174. The van der Waals surface area contributed by atoms with Crippen molar-refractivity contribution in [2.75, 3.05) is 13.1 Å². The molecule has 0 aromatic heterocycles. The van der Waals surface area contributed by atoms with E-state index in [1.165, 1.54) is 0 Å². The number of nitrogens with two attached hydrogens (primary N) is 1. The first kappa shape index (κ1) is 27.2.